The molecule has 7 nitrogen and oxygen atoms in total. The van der Waals surface area contributed by atoms with Gasteiger partial charge in [-0.2, -0.15) is 0 Å². The molecule has 0 aliphatic carbocycles. The number of furan rings is 1. The molecule has 0 saturated carbocycles. The maximum absolute atomic E-state index is 13.1. The van der Waals surface area contributed by atoms with Crippen molar-refractivity contribution in [3.05, 3.63) is 74.8 Å². The molecule has 0 spiro atoms. The zero-order chi connectivity index (χ0) is 20.7. The Morgan fingerprint density at radius 2 is 2.07 bits per heavy atom. The minimum absolute atomic E-state index is 0.0429. The van der Waals surface area contributed by atoms with Crippen molar-refractivity contribution in [3.63, 3.8) is 0 Å². The normalized spacial score (nSPS) is 16.9. The van der Waals surface area contributed by atoms with Crippen LogP contribution in [-0.4, -0.2) is 27.0 Å². The fourth-order valence-electron chi connectivity index (χ4n) is 3.12. The first-order valence-electron chi connectivity index (χ1n) is 8.82. The predicted molar refractivity (Wildman–Crippen MR) is 111 cm³/mol. The fraction of sp³-hybridized carbons (Fsp3) is 0.200. The minimum Gasteiger partial charge on any atom is -0.503 e. The predicted octanol–water partition coefficient (Wildman–Crippen LogP) is 4.80. The molecule has 29 heavy (non-hydrogen) atoms. The Morgan fingerprint density at radius 1 is 1.28 bits per heavy atom. The van der Waals surface area contributed by atoms with Gasteiger partial charge in [0, 0.05) is 10.4 Å². The molecule has 1 amide bonds. The van der Waals surface area contributed by atoms with Crippen LogP contribution in [0.4, 0.5) is 5.13 Å². The molecule has 1 atom stereocenters. The average molecular weight is 474 g/mol. The molecule has 4 rings (SSSR count). The van der Waals surface area contributed by atoms with Gasteiger partial charge in [-0.3, -0.25) is 14.5 Å². The van der Waals surface area contributed by atoms with Crippen molar-refractivity contribution >= 4 is 44.1 Å². The lowest BCUT2D eigenvalue weighted by Crippen LogP contribution is -2.31. The van der Waals surface area contributed by atoms with Gasteiger partial charge in [0.1, 0.15) is 5.01 Å². The van der Waals surface area contributed by atoms with Gasteiger partial charge in [0.25, 0.3) is 5.91 Å². The fourth-order valence-corrected chi connectivity index (χ4v) is 4.41. The van der Waals surface area contributed by atoms with E-state index < -0.39 is 23.5 Å². The first-order valence-corrected chi connectivity index (χ1v) is 10.4. The molecule has 1 aliphatic rings. The van der Waals surface area contributed by atoms with Gasteiger partial charge >= 0.3 is 0 Å². The van der Waals surface area contributed by atoms with Gasteiger partial charge in [-0.15, -0.1) is 10.2 Å². The number of hydrogen-bond acceptors (Lipinski definition) is 7. The molecular formula is C20H16BrN3O4S. The number of aliphatic hydroxyl groups excluding tert-OH is 1. The van der Waals surface area contributed by atoms with Gasteiger partial charge in [-0.1, -0.05) is 53.2 Å². The van der Waals surface area contributed by atoms with Crippen molar-refractivity contribution in [2.75, 3.05) is 4.90 Å². The number of ketones is 1. The van der Waals surface area contributed by atoms with Crippen molar-refractivity contribution in [3.8, 4) is 0 Å². The van der Waals surface area contributed by atoms with E-state index in [1.165, 1.54) is 28.6 Å². The highest BCUT2D eigenvalue weighted by molar-refractivity contribution is 9.10. The maximum Gasteiger partial charge on any atom is 0.296 e. The summed E-state index contributed by atoms with van der Waals surface area (Å²) in [5, 5.41) is 20.0. The SMILES string of the molecule is CC(C)c1nnc(N2C(=O)C(O)=C(C(=O)c3ccco3)[C@@H]2c2cccc(Br)c2)s1. The number of Topliss-reactive ketones (excluding diaryl/α,β-unsaturated/α-hetero) is 1. The first kappa shape index (κ1) is 19.5. The molecule has 0 unspecified atom stereocenters. The third-order valence-electron chi connectivity index (χ3n) is 4.49. The van der Waals surface area contributed by atoms with E-state index in [0.717, 1.165) is 9.48 Å². The summed E-state index contributed by atoms with van der Waals surface area (Å²) in [6.45, 7) is 3.95. The summed E-state index contributed by atoms with van der Waals surface area (Å²) in [7, 11) is 0. The Hall–Kier alpha value is -2.78. The van der Waals surface area contributed by atoms with E-state index >= 15 is 0 Å². The largest absolute Gasteiger partial charge is 0.503 e. The Kier molecular flexibility index (Phi) is 5.10. The maximum atomic E-state index is 13.1. The van der Waals surface area contributed by atoms with Crippen molar-refractivity contribution in [2.24, 2.45) is 0 Å². The summed E-state index contributed by atoms with van der Waals surface area (Å²) in [6, 6.07) is 9.43. The molecule has 1 N–H and O–H groups in total. The van der Waals surface area contributed by atoms with Crippen LogP contribution in [0.1, 0.15) is 46.9 Å². The summed E-state index contributed by atoms with van der Waals surface area (Å²) in [5.74, 6) is -1.69. The molecule has 3 aromatic rings. The van der Waals surface area contributed by atoms with E-state index in [0.29, 0.717) is 10.7 Å². The third-order valence-corrected chi connectivity index (χ3v) is 6.21. The van der Waals surface area contributed by atoms with E-state index in [2.05, 4.69) is 26.1 Å². The highest BCUT2D eigenvalue weighted by Gasteiger charge is 2.46. The highest BCUT2D eigenvalue weighted by Crippen LogP contribution is 2.43. The highest BCUT2D eigenvalue weighted by atomic mass is 79.9. The van der Waals surface area contributed by atoms with E-state index in [4.69, 9.17) is 4.42 Å². The van der Waals surface area contributed by atoms with Crippen molar-refractivity contribution in [2.45, 2.75) is 25.8 Å². The zero-order valence-electron chi connectivity index (χ0n) is 15.5. The first-order chi connectivity index (χ1) is 13.9. The number of carbonyl (C=O) groups is 2. The molecular weight excluding hydrogens is 458 g/mol. The number of benzene rings is 1. The molecule has 3 heterocycles. The summed E-state index contributed by atoms with van der Waals surface area (Å²) in [4.78, 5) is 27.4. The summed E-state index contributed by atoms with van der Waals surface area (Å²) in [5.41, 5.74) is 0.595. The number of nitrogens with zero attached hydrogens (tertiary/aromatic N) is 3. The number of aromatic nitrogens is 2. The van der Waals surface area contributed by atoms with E-state index in [1.54, 1.807) is 24.3 Å². The second kappa shape index (κ2) is 7.57. The third kappa shape index (κ3) is 3.40. The van der Waals surface area contributed by atoms with Crippen LogP contribution in [0, 0.1) is 0 Å². The molecule has 0 saturated heterocycles. The smallest absolute Gasteiger partial charge is 0.296 e. The van der Waals surface area contributed by atoms with Crippen LogP contribution in [0.15, 0.2) is 62.9 Å². The lowest BCUT2D eigenvalue weighted by atomic mass is 9.95. The van der Waals surface area contributed by atoms with E-state index in [-0.39, 0.29) is 17.3 Å². The molecule has 9 heteroatoms. The minimum atomic E-state index is -0.856. The number of rotatable bonds is 5. The zero-order valence-corrected chi connectivity index (χ0v) is 17.9. The second-order valence-electron chi connectivity index (χ2n) is 6.78. The molecule has 148 valence electrons. The average Bonchev–Trinajstić information content (AvgIpc) is 3.42. The van der Waals surface area contributed by atoms with Crippen LogP contribution in [0.2, 0.25) is 0 Å². The number of aliphatic hydroxyl groups is 1. The van der Waals surface area contributed by atoms with Gasteiger partial charge in [0.05, 0.1) is 17.9 Å². The van der Waals surface area contributed by atoms with Crippen LogP contribution < -0.4 is 4.90 Å². The van der Waals surface area contributed by atoms with E-state index in [9.17, 15) is 14.7 Å². The second-order valence-corrected chi connectivity index (χ2v) is 8.68. The Morgan fingerprint density at radius 3 is 2.69 bits per heavy atom. The molecule has 0 fully saturated rings. The van der Waals surface area contributed by atoms with Crippen molar-refractivity contribution < 1.29 is 19.1 Å². The van der Waals surface area contributed by atoms with Gasteiger partial charge in [0.2, 0.25) is 10.9 Å². The topological polar surface area (TPSA) is 96.5 Å². The van der Waals surface area contributed by atoms with Crippen molar-refractivity contribution in [1.82, 2.24) is 10.2 Å². The molecule has 0 bridgehead atoms. The van der Waals surface area contributed by atoms with Crippen LogP contribution >= 0.6 is 27.3 Å². The number of hydrogen-bond donors (Lipinski definition) is 1. The molecule has 1 aliphatic heterocycles. The van der Waals surface area contributed by atoms with Crippen LogP contribution in [0.3, 0.4) is 0 Å². The van der Waals surface area contributed by atoms with Crippen LogP contribution in [0.5, 0.6) is 0 Å². The Balaban J connectivity index is 1.87. The molecule has 2 aromatic heterocycles. The van der Waals surface area contributed by atoms with Crippen LogP contribution in [-0.2, 0) is 4.79 Å². The van der Waals surface area contributed by atoms with Gasteiger partial charge in [-0.05, 0) is 29.8 Å². The Labute approximate surface area is 178 Å². The number of halogens is 1. The van der Waals surface area contributed by atoms with E-state index in [1.807, 2.05) is 19.9 Å². The quantitative estimate of drug-likeness (QED) is 0.534. The number of anilines is 1. The molecule has 0 radical (unpaired) electrons. The lowest BCUT2D eigenvalue weighted by molar-refractivity contribution is -0.117. The van der Waals surface area contributed by atoms with Gasteiger partial charge < -0.3 is 9.52 Å². The Bertz CT molecular complexity index is 1120. The summed E-state index contributed by atoms with van der Waals surface area (Å²) < 4.78 is 5.99. The lowest BCUT2D eigenvalue weighted by Gasteiger charge is -2.24. The standard InChI is InChI=1S/C20H16BrN3O4S/c1-10(2)18-22-23-20(29-18)24-15(11-5-3-6-12(21)9-11)14(17(26)19(24)27)16(25)13-7-4-8-28-13/h3-10,15,26H,1-2H3/t15-/m0/s1. The van der Waals surface area contributed by atoms with Crippen molar-refractivity contribution in [1.29, 1.82) is 0 Å². The number of carbonyl (C=O) groups excluding carboxylic acids is 2. The number of amides is 1. The summed E-state index contributed by atoms with van der Waals surface area (Å²) in [6.07, 6.45) is 1.37. The van der Waals surface area contributed by atoms with Gasteiger partial charge in [-0.25, -0.2) is 0 Å². The monoisotopic (exact) mass is 473 g/mol. The molecule has 1 aromatic carbocycles. The van der Waals surface area contributed by atoms with Gasteiger partial charge in [0.15, 0.2) is 11.5 Å². The van der Waals surface area contributed by atoms with Crippen LogP contribution in [0.25, 0.3) is 0 Å². The summed E-state index contributed by atoms with van der Waals surface area (Å²) >= 11 is 4.68.